The van der Waals surface area contributed by atoms with Gasteiger partial charge in [-0.25, -0.2) is 4.98 Å². The van der Waals surface area contributed by atoms with Crippen molar-refractivity contribution >= 4 is 23.2 Å². The Bertz CT molecular complexity index is 306. The zero-order valence-electron chi connectivity index (χ0n) is 7.46. The van der Waals surface area contributed by atoms with Crippen molar-refractivity contribution in [3.8, 4) is 0 Å². The first-order valence-electron chi connectivity index (χ1n) is 4.40. The zero-order chi connectivity index (χ0) is 9.97. The summed E-state index contributed by atoms with van der Waals surface area (Å²) in [6, 6.07) is 3.78. The Hall–Kier alpha value is -0.350. The van der Waals surface area contributed by atoms with E-state index in [1.165, 1.54) is 0 Å². The van der Waals surface area contributed by atoms with Gasteiger partial charge in [-0.2, -0.15) is 0 Å². The van der Waals surface area contributed by atoms with Gasteiger partial charge < -0.3 is 10.1 Å². The third-order valence-corrected chi connectivity index (χ3v) is 2.50. The summed E-state index contributed by atoms with van der Waals surface area (Å²) in [5.74, 6) is 0. The maximum atomic E-state index is 5.81. The van der Waals surface area contributed by atoms with E-state index in [2.05, 4.69) is 10.3 Å². The monoisotopic (exact) mass is 232 g/mol. The Balaban J connectivity index is 2.21. The highest BCUT2D eigenvalue weighted by Gasteiger charge is 2.16. The van der Waals surface area contributed by atoms with E-state index in [0.29, 0.717) is 16.9 Å². The number of morpholine rings is 1. The fourth-order valence-electron chi connectivity index (χ4n) is 1.46. The maximum absolute atomic E-state index is 5.81. The molecule has 0 amide bonds. The number of aromatic nitrogens is 1. The minimum absolute atomic E-state index is 0.168. The molecule has 1 aromatic heterocycles. The van der Waals surface area contributed by atoms with Gasteiger partial charge in [-0.1, -0.05) is 23.2 Å². The van der Waals surface area contributed by atoms with Crippen LogP contribution in [0, 0.1) is 0 Å². The minimum atomic E-state index is 0.168. The average molecular weight is 233 g/mol. The summed E-state index contributed by atoms with van der Waals surface area (Å²) < 4.78 is 5.35. The van der Waals surface area contributed by atoms with E-state index in [0.717, 1.165) is 18.7 Å². The normalized spacial score (nSPS) is 22.3. The second-order valence-electron chi connectivity index (χ2n) is 3.13. The molecule has 0 saturated carbocycles. The molecular formula is C9H10Cl2N2O. The van der Waals surface area contributed by atoms with Crippen LogP contribution in [0.3, 0.4) is 0 Å². The van der Waals surface area contributed by atoms with Crippen molar-refractivity contribution in [2.45, 2.75) is 6.04 Å². The van der Waals surface area contributed by atoms with E-state index in [9.17, 15) is 0 Å². The lowest BCUT2D eigenvalue weighted by Crippen LogP contribution is -2.34. The van der Waals surface area contributed by atoms with Crippen molar-refractivity contribution in [2.75, 3.05) is 19.8 Å². The van der Waals surface area contributed by atoms with Crippen molar-refractivity contribution in [1.29, 1.82) is 0 Å². The SMILES string of the molecule is Clc1cc([C@H]2COCCN2)cc(Cl)n1. The number of nitrogens with one attached hydrogen (secondary N) is 1. The van der Waals surface area contributed by atoms with Crippen LogP contribution in [0.1, 0.15) is 11.6 Å². The van der Waals surface area contributed by atoms with Gasteiger partial charge in [0, 0.05) is 6.54 Å². The Kier molecular flexibility index (Phi) is 3.23. The Morgan fingerprint density at radius 3 is 2.64 bits per heavy atom. The fourth-order valence-corrected chi connectivity index (χ4v) is 1.94. The van der Waals surface area contributed by atoms with Gasteiger partial charge in [0.15, 0.2) is 0 Å². The summed E-state index contributed by atoms with van der Waals surface area (Å²) in [6.07, 6.45) is 0. The molecule has 0 bridgehead atoms. The first-order valence-corrected chi connectivity index (χ1v) is 5.15. The number of nitrogens with zero attached hydrogens (tertiary/aromatic N) is 1. The lowest BCUT2D eigenvalue weighted by molar-refractivity contribution is 0.0768. The van der Waals surface area contributed by atoms with E-state index < -0.39 is 0 Å². The highest BCUT2D eigenvalue weighted by Crippen LogP contribution is 2.21. The Labute approximate surface area is 92.4 Å². The van der Waals surface area contributed by atoms with Crippen LogP contribution in [0.15, 0.2) is 12.1 Å². The lowest BCUT2D eigenvalue weighted by Gasteiger charge is -2.24. The van der Waals surface area contributed by atoms with Crippen LogP contribution in [0.2, 0.25) is 10.3 Å². The smallest absolute Gasteiger partial charge is 0.131 e. The van der Waals surface area contributed by atoms with Crippen molar-refractivity contribution in [1.82, 2.24) is 10.3 Å². The van der Waals surface area contributed by atoms with Crippen LogP contribution in [0.25, 0.3) is 0 Å². The quantitative estimate of drug-likeness (QED) is 0.754. The van der Waals surface area contributed by atoms with Gasteiger partial charge in [-0.3, -0.25) is 0 Å². The fraction of sp³-hybridized carbons (Fsp3) is 0.444. The van der Waals surface area contributed by atoms with Gasteiger partial charge in [-0.05, 0) is 17.7 Å². The highest BCUT2D eigenvalue weighted by molar-refractivity contribution is 6.32. The van der Waals surface area contributed by atoms with Gasteiger partial charge in [-0.15, -0.1) is 0 Å². The molecule has 1 aromatic rings. The number of hydrogen-bond donors (Lipinski definition) is 1. The molecule has 5 heteroatoms. The highest BCUT2D eigenvalue weighted by atomic mass is 35.5. The molecule has 1 N–H and O–H groups in total. The molecule has 14 heavy (non-hydrogen) atoms. The number of hydrogen-bond acceptors (Lipinski definition) is 3. The zero-order valence-corrected chi connectivity index (χ0v) is 8.98. The molecule has 1 aliphatic rings. The van der Waals surface area contributed by atoms with Crippen LogP contribution in [-0.4, -0.2) is 24.7 Å². The minimum Gasteiger partial charge on any atom is -0.378 e. The average Bonchev–Trinajstić information content (AvgIpc) is 2.18. The molecule has 0 radical (unpaired) electrons. The van der Waals surface area contributed by atoms with Crippen molar-refractivity contribution in [3.05, 3.63) is 28.0 Å². The molecule has 2 rings (SSSR count). The number of halogens is 2. The van der Waals surface area contributed by atoms with Gasteiger partial charge in [0.05, 0.1) is 19.3 Å². The predicted molar refractivity (Wildman–Crippen MR) is 55.8 cm³/mol. The second kappa shape index (κ2) is 4.45. The molecule has 0 unspecified atom stereocenters. The molecule has 1 fully saturated rings. The van der Waals surface area contributed by atoms with Crippen LogP contribution in [-0.2, 0) is 4.74 Å². The molecular weight excluding hydrogens is 223 g/mol. The number of rotatable bonds is 1. The van der Waals surface area contributed by atoms with Crippen LogP contribution < -0.4 is 5.32 Å². The summed E-state index contributed by atoms with van der Waals surface area (Å²) in [6.45, 7) is 2.25. The summed E-state index contributed by atoms with van der Waals surface area (Å²) >= 11 is 11.6. The molecule has 76 valence electrons. The molecule has 1 saturated heterocycles. The maximum Gasteiger partial charge on any atom is 0.131 e. The largest absolute Gasteiger partial charge is 0.378 e. The summed E-state index contributed by atoms with van der Waals surface area (Å²) in [4.78, 5) is 3.89. The molecule has 0 aromatic carbocycles. The first-order chi connectivity index (χ1) is 6.75. The lowest BCUT2D eigenvalue weighted by atomic mass is 10.1. The van der Waals surface area contributed by atoms with Crippen molar-refractivity contribution in [2.24, 2.45) is 0 Å². The number of pyridine rings is 1. The standard InChI is InChI=1S/C9H10Cl2N2O/c10-8-3-6(4-9(11)13-8)7-5-14-2-1-12-7/h3-4,7,12H,1-2,5H2/t7-/m1/s1. The van der Waals surface area contributed by atoms with E-state index in [1.54, 1.807) is 12.1 Å². The van der Waals surface area contributed by atoms with Crippen molar-refractivity contribution in [3.63, 3.8) is 0 Å². The predicted octanol–water partition coefficient (Wildman–Crippen LogP) is 2.05. The molecule has 0 spiro atoms. The topological polar surface area (TPSA) is 34.1 Å². The molecule has 1 aliphatic heterocycles. The van der Waals surface area contributed by atoms with Crippen LogP contribution in [0.5, 0.6) is 0 Å². The first kappa shape index (κ1) is 10.2. The second-order valence-corrected chi connectivity index (χ2v) is 3.90. The van der Waals surface area contributed by atoms with Gasteiger partial charge >= 0.3 is 0 Å². The van der Waals surface area contributed by atoms with Crippen LogP contribution >= 0.6 is 23.2 Å². The molecule has 1 atom stereocenters. The van der Waals surface area contributed by atoms with E-state index in [4.69, 9.17) is 27.9 Å². The Morgan fingerprint density at radius 1 is 1.36 bits per heavy atom. The van der Waals surface area contributed by atoms with Crippen molar-refractivity contribution < 1.29 is 4.74 Å². The van der Waals surface area contributed by atoms with E-state index in [1.807, 2.05) is 0 Å². The molecule has 3 nitrogen and oxygen atoms in total. The van der Waals surface area contributed by atoms with E-state index >= 15 is 0 Å². The van der Waals surface area contributed by atoms with Crippen LogP contribution in [0.4, 0.5) is 0 Å². The van der Waals surface area contributed by atoms with Gasteiger partial charge in [0.25, 0.3) is 0 Å². The molecule has 0 aliphatic carbocycles. The third kappa shape index (κ3) is 2.36. The van der Waals surface area contributed by atoms with Gasteiger partial charge in [0.1, 0.15) is 10.3 Å². The van der Waals surface area contributed by atoms with E-state index in [-0.39, 0.29) is 6.04 Å². The number of ether oxygens (including phenoxy) is 1. The third-order valence-electron chi connectivity index (χ3n) is 2.11. The summed E-state index contributed by atoms with van der Waals surface area (Å²) in [5, 5.41) is 4.15. The van der Waals surface area contributed by atoms with Gasteiger partial charge in [0.2, 0.25) is 0 Å². The molecule has 2 heterocycles. The Morgan fingerprint density at radius 2 is 2.07 bits per heavy atom. The summed E-state index contributed by atoms with van der Waals surface area (Å²) in [7, 11) is 0. The summed E-state index contributed by atoms with van der Waals surface area (Å²) in [5.41, 5.74) is 1.02.